The summed E-state index contributed by atoms with van der Waals surface area (Å²) in [7, 11) is 0. The molecule has 4 aromatic rings. The molecule has 1 nitrogen and oxygen atoms in total. The minimum absolute atomic E-state index is 0.155. The molecule has 23 heavy (non-hydrogen) atoms. The highest BCUT2D eigenvalue weighted by atomic mass is 14.7. The highest BCUT2D eigenvalue weighted by Crippen LogP contribution is 2.32. The first-order valence-electron chi connectivity index (χ1n) is 7.86. The zero-order chi connectivity index (χ0) is 15.5. The summed E-state index contributed by atoms with van der Waals surface area (Å²) in [6, 6.07) is 31.9. The van der Waals surface area contributed by atoms with Crippen molar-refractivity contribution >= 4 is 10.8 Å². The van der Waals surface area contributed by atoms with Gasteiger partial charge in [-0.05, 0) is 34.0 Å². The van der Waals surface area contributed by atoms with E-state index in [-0.39, 0.29) is 5.92 Å². The van der Waals surface area contributed by atoms with Gasteiger partial charge in [-0.25, -0.2) is 0 Å². The number of rotatable bonds is 3. The predicted molar refractivity (Wildman–Crippen MR) is 95.6 cm³/mol. The summed E-state index contributed by atoms with van der Waals surface area (Å²) in [5.41, 5.74) is 3.61. The summed E-state index contributed by atoms with van der Waals surface area (Å²) >= 11 is 0. The molecule has 4 rings (SSSR count). The molecule has 0 fully saturated rings. The predicted octanol–water partition coefficient (Wildman–Crippen LogP) is 5.42. The van der Waals surface area contributed by atoms with Gasteiger partial charge in [-0.3, -0.25) is 4.98 Å². The van der Waals surface area contributed by atoms with Crippen LogP contribution in [0.15, 0.2) is 97.2 Å². The second-order valence-electron chi connectivity index (χ2n) is 5.70. The highest BCUT2D eigenvalue weighted by molar-refractivity contribution is 5.83. The third-order valence-electron chi connectivity index (χ3n) is 4.22. The summed E-state index contributed by atoms with van der Waals surface area (Å²) in [6.07, 6.45) is 1.87. The van der Waals surface area contributed by atoms with Crippen molar-refractivity contribution in [3.63, 3.8) is 0 Å². The molecule has 0 saturated carbocycles. The number of aromatic nitrogens is 1. The largest absolute Gasteiger partial charge is 0.260 e. The molecular formula is C22H17N. The molecule has 3 aromatic carbocycles. The molecule has 0 amide bonds. The van der Waals surface area contributed by atoms with Crippen molar-refractivity contribution in [3.8, 4) is 0 Å². The van der Waals surface area contributed by atoms with Gasteiger partial charge in [0.1, 0.15) is 0 Å². The van der Waals surface area contributed by atoms with Gasteiger partial charge in [0.15, 0.2) is 0 Å². The fourth-order valence-electron chi connectivity index (χ4n) is 3.11. The molecule has 0 saturated heterocycles. The van der Waals surface area contributed by atoms with Crippen LogP contribution in [0.3, 0.4) is 0 Å². The Hall–Kier alpha value is -2.93. The van der Waals surface area contributed by atoms with E-state index in [0.717, 1.165) is 5.69 Å². The van der Waals surface area contributed by atoms with Crippen molar-refractivity contribution in [2.24, 2.45) is 0 Å². The van der Waals surface area contributed by atoms with Gasteiger partial charge in [-0.15, -0.1) is 0 Å². The van der Waals surface area contributed by atoms with Crippen molar-refractivity contribution in [1.82, 2.24) is 4.98 Å². The maximum atomic E-state index is 4.61. The van der Waals surface area contributed by atoms with E-state index in [4.69, 9.17) is 0 Å². The first kappa shape index (κ1) is 13.7. The van der Waals surface area contributed by atoms with Gasteiger partial charge < -0.3 is 0 Å². The molecule has 1 atom stereocenters. The Labute approximate surface area is 136 Å². The lowest BCUT2D eigenvalue weighted by Crippen LogP contribution is -2.05. The second kappa shape index (κ2) is 6.05. The number of fused-ring (bicyclic) bond motifs is 1. The Bertz CT molecular complexity index is 874. The van der Waals surface area contributed by atoms with Crippen LogP contribution in [-0.2, 0) is 0 Å². The smallest absolute Gasteiger partial charge is 0.0522 e. The fourth-order valence-corrected chi connectivity index (χ4v) is 3.11. The molecule has 0 bridgehead atoms. The molecule has 1 heteroatoms. The van der Waals surface area contributed by atoms with Crippen LogP contribution in [0.5, 0.6) is 0 Å². The summed E-state index contributed by atoms with van der Waals surface area (Å²) in [6.45, 7) is 0. The molecule has 0 aliphatic rings. The van der Waals surface area contributed by atoms with Gasteiger partial charge >= 0.3 is 0 Å². The van der Waals surface area contributed by atoms with E-state index in [9.17, 15) is 0 Å². The molecule has 0 N–H and O–H groups in total. The van der Waals surface area contributed by atoms with Crippen molar-refractivity contribution < 1.29 is 0 Å². The van der Waals surface area contributed by atoms with Crippen molar-refractivity contribution in [3.05, 3.63) is 114 Å². The van der Waals surface area contributed by atoms with E-state index in [1.54, 1.807) is 0 Å². The van der Waals surface area contributed by atoms with Crippen LogP contribution in [0.2, 0.25) is 0 Å². The lowest BCUT2D eigenvalue weighted by molar-refractivity contribution is 0.920. The average molecular weight is 295 g/mol. The monoisotopic (exact) mass is 295 g/mol. The normalized spacial score (nSPS) is 12.2. The zero-order valence-corrected chi connectivity index (χ0v) is 12.8. The first-order valence-corrected chi connectivity index (χ1v) is 7.86. The lowest BCUT2D eigenvalue weighted by Gasteiger charge is -2.18. The van der Waals surface area contributed by atoms with Crippen molar-refractivity contribution in [2.45, 2.75) is 5.92 Å². The van der Waals surface area contributed by atoms with Crippen LogP contribution in [0.4, 0.5) is 0 Å². The van der Waals surface area contributed by atoms with Gasteiger partial charge in [0.2, 0.25) is 0 Å². The Kier molecular flexibility index (Phi) is 3.61. The molecule has 1 heterocycles. The van der Waals surface area contributed by atoms with Gasteiger partial charge in [-0.2, -0.15) is 0 Å². The van der Waals surface area contributed by atoms with E-state index < -0.39 is 0 Å². The van der Waals surface area contributed by atoms with E-state index in [1.165, 1.54) is 21.9 Å². The van der Waals surface area contributed by atoms with Crippen LogP contribution < -0.4 is 0 Å². The van der Waals surface area contributed by atoms with Gasteiger partial charge in [-0.1, -0.05) is 78.9 Å². The average Bonchev–Trinajstić information content (AvgIpc) is 2.64. The van der Waals surface area contributed by atoms with Gasteiger partial charge in [0.25, 0.3) is 0 Å². The van der Waals surface area contributed by atoms with Crippen LogP contribution in [0.25, 0.3) is 10.8 Å². The Morgan fingerprint density at radius 2 is 1.30 bits per heavy atom. The van der Waals surface area contributed by atoms with Gasteiger partial charge in [0.05, 0.1) is 11.6 Å². The third-order valence-corrected chi connectivity index (χ3v) is 4.22. The summed E-state index contributed by atoms with van der Waals surface area (Å²) in [5, 5.41) is 2.53. The quantitative estimate of drug-likeness (QED) is 0.492. The zero-order valence-electron chi connectivity index (χ0n) is 12.8. The Balaban J connectivity index is 1.90. The molecular weight excluding hydrogens is 278 g/mol. The highest BCUT2D eigenvalue weighted by Gasteiger charge is 2.17. The maximum Gasteiger partial charge on any atom is 0.0522 e. The number of hydrogen-bond donors (Lipinski definition) is 0. The molecule has 1 unspecified atom stereocenters. The van der Waals surface area contributed by atoms with Gasteiger partial charge in [0, 0.05) is 6.20 Å². The standard InChI is InChI=1S/C22H17N/c1-2-9-18(10-3-1)22(21-12-6-7-15-23-21)20-14-13-17-8-4-5-11-19(17)16-20/h1-16,22H. The molecule has 110 valence electrons. The number of hydrogen-bond acceptors (Lipinski definition) is 1. The molecule has 0 spiro atoms. The summed E-state index contributed by atoms with van der Waals surface area (Å²) in [4.78, 5) is 4.61. The van der Waals surface area contributed by atoms with E-state index in [2.05, 4.69) is 89.9 Å². The topological polar surface area (TPSA) is 12.9 Å². The van der Waals surface area contributed by atoms with Crippen LogP contribution in [0, 0.1) is 0 Å². The lowest BCUT2D eigenvalue weighted by atomic mass is 9.87. The SMILES string of the molecule is c1ccc(C(c2ccc3ccccc3c2)c2ccccn2)cc1. The van der Waals surface area contributed by atoms with Crippen LogP contribution in [0.1, 0.15) is 22.7 Å². The summed E-state index contributed by atoms with van der Waals surface area (Å²) in [5.74, 6) is 0.155. The molecule has 0 aliphatic carbocycles. The van der Waals surface area contributed by atoms with Crippen LogP contribution >= 0.6 is 0 Å². The minimum Gasteiger partial charge on any atom is -0.260 e. The molecule has 0 aliphatic heterocycles. The van der Waals surface area contributed by atoms with E-state index >= 15 is 0 Å². The third kappa shape index (κ3) is 2.74. The molecule has 0 radical (unpaired) electrons. The van der Waals surface area contributed by atoms with E-state index in [0.29, 0.717) is 0 Å². The molecule has 1 aromatic heterocycles. The van der Waals surface area contributed by atoms with Crippen LogP contribution in [-0.4, -0.2) is 4.98 Å². The van der Waals surface area contributed by atoms with Crippen molar-refractivity contribution in [2.75, 3.05) is 0 Å². The summed E-state index contributed by atoms with van der Waals surface area (Å²) < 4.78 is 0. The minimum atomic E-state index is 0.155. The number of benzene rings is 3. The number of pyridine rings is 1. The fraction of sp³-hybridized carbons (Fsp3) is 0.0455. The first-order chi connectivity index (χ1) is 11.4. The van der Waals surface area contributed by atoms with Crippen molar-refractivity contribution in [1.29, 1.82) is 0 Å². The Morgan fingerprint density at radius 3 is 2.09 bits per heavy atom. The second-order valence-corrected chi connectivity index (χ2v) is 5.70. The number of nitrogens with zero attached hydrogens (tertiary/aromatic N) is 1. The Morgan fingerprint density at radius 1 is 0.565 bits per heavy atom. The van der Waals surface area contributed by atoms with E-state index in [1.807, 2.05) is 12.3 Å². The maximum absolute atomic E-state index is 4.61.